The predicted molar refractivity (Wildman–Crippen MR) is 91.1 cm³/mol. The van der Waals surface area contributed by atoms with E-state index in [-0.39, 0.29) is 11.9 Å². The number of rotatable bonds is 6. The van der Waals surface area contributed by atoms with E-state index >= 15 is 0 Å². The van der Waals surface area contributed by atoms with Crippen molar-refractivity contribution in [2.75, 3.05) is 7.11 Å². The van der Waals surface area contributed by atoms with Crippen LogP contribution in [0.3, 0.4) is 0 Å². The fourth-order valence-corrected chi connectivity index (χ4v) is 2.36. The average Bonchev–Trinajstić information content (AvgIpc) is 2.52. The summed E-state index contributed by atoms with van der Waals surface area (Å²) in [6.07, 6.45) is 3.73. The summed E-state index contributed by atoms with van der Waals surface area (Å²) in [5, 5.41) is 0. The highest BCUT2D eigenvalue weighted by atomic mass is 16.5. The highest BCUT2D eigenvalue weighted by Crippen LogP contribution is 2.33. The largest absolute Gasteiger partial charge is 0.493 e. The van der Waals surface area contributed by atoms with E-state index < -0.39 is 23.5 Å². The minimum absolute atomic E-state index is 0.0952. The highest BCUT2D eigenvalue weighted by molar-refractivity contribution is 6.25. The Balaban J connectivity index is 2.28. The lowest BCUT2D eigenvalue weighted by atomic mass is 9.96. The van der Waals surface area contributed by atoms with Gasteiger partial charge in [0.1, 0.15) is 5.76 Å². The molecule has 0 N–H and O–H groups in total. The van der Waals surface area contributed by atoms with Crippen molar-refractivity contribution in [3.63, 3.8) is 0 Å². The molecule has 0 saturated carbocycles. The van der Waals surface area contributed by atoms with Gasteiger partial charge in [0.15, 0.2) is 29.0 Å². The number of esters is 1. The molecule has 0 spiro atoms. The molecule has 6 nitrogen and oxygen atoms in total. The Kier molecular flexibility index (Phi) is 5.75. The summed E-state index contributed by atoms with van der Waals surface area (Å²) in [6, 6.07) is 5.24. The predicted octanol–water partition coefficient (Wildman–Crippen LogP) is 2.71. The van der Waals surface area contributed by atoms with Crippen LogP contribution in [0.5, 0.6) is 11.5 Å². The van der Waals surface area contributed by atoms with Crippen LogP contribution in [0, 0.1) is 5.92 Å². The quantitative estimate of drug-likeness (QED) is 0.448. The number of methoxy groups -OCH3 is 1. The molecule has 0 aliphatic carbocycles. The third-order valence-corrected chi connectivity index (χ3v) is 3.42. The molecule has 1 aromatic carbocycles. The molecule has 1 unspecified atom stereocenters. The molecule has 0 saturated heterocycles. The molecule has 1 aromatic rings. The summed E-state index contributed by atoms with van der Waals surface area (Å²) >= 11 is 0. The molecule has 0 aromatic heterocycles. The van der Waals surface area contributed by atoms with Gasteiger partial charge in [0.25, 0.3) is 0 Å². The summed E-state index contributed by atoms with van der Waals surface area (Å²) in [5.74, 6) is -2.34. The van der Waals surface area contributed by atoms with Gasteiger partial charge >= 0.3 is 5.97 Å². The van der Waals surface area contributed by atoms with Crippen LogP contribution in [-0.2, 0) is 19.1 Å². The molecule has 0 amide bonds. The molecule has 0 bridgehead atoms. The fraction of sp³-hybridized carbons (Fsp3) is 0.316. The Labute approximate surface area is 146 Å². The molecule has 132 valence electrons. The number of hydrogen-bond acceptors (Lipinski definition) is 6. The Bertz CT molecular complexity index is 757. The van der Waals surface area contributed by atoms with E-state index in [9.17, 15) is 14.4 Å². The molecule has 1 aliphatic rings. The van der Waals surface area contributed by atoms with Crippen molar-refractivity contribution >= 4 is 23.6 Å². The van der Waals surface area contributed by atoms with Gasteiger partial charge in [-0.25, -0.2) is 0 Å². The van der Waals surface area contributed by atoms with E-state index in [2.05, 4.69) is 0 Å². The fourth-order valence-electron chi connectivity index (χ4n) is 2.36. The third kappa shape index (κ3) is 4.35. The molecule has 1 atom stereocenters. The normalized spacial score (nSPS) is 17.5. The first-order valence-corrected chi connectivity index (χ1v) is 7.83. The number of allylic oxidation sites excluding steroid dienone is 3. The molecule has 1 heterocycles. The third-order valence-electron chi connectivity index (χ3n) is 3.42. The summed E-state index contributed by atoms with van der Waals surface area (Å²) in [6.45, 7) is 5.23. The zero-order valence-electron chi connectivity index (χ0n) is 14.6. The van der Waals surface area contributed by atoms with Crippen molar-refractivity contribution < 1.29 is 28.6 Å². The van der Waals surface area contributed by atoms with E-state index in [1.54, 1.807) is 18.2 Å². The SMILES string of the molecule is COc1cccc(/C=C/C(=O)C2C(=O)C=C(C)OC2=O)c1OC(C)C. The number of carbonyl (C=O) groups is 3. The number of cyclic esters (lactones) is 1. The number of carbonyl (C=O) groups excluding carboxylic acids is 3. The zero-order valence-corrected chi connectivity index (χ0v) is 14.6. The lowest BCUT2D eigenvalue weighted by molar-refractivity contribution is -0.151. The standard InChI is InChI=1S/C19H20O6/c1-11(2)24-18-13(6-5-7-16(18)23-4)8-9-14(20)17-15(21)10-12(3)25-19(17)22/h5-11,17H,1-4H3/b9-8+. The van der Waals surface area contributed by atoms with Gasteiger partial charge in [-0.05, 0) is 39.0 Å². The number of ketones is 2. The van der Waals surface area contributed by atoms with E-state index in [0.29, 0.717) is 17.1 Å². The second-order valence-corrected chi connectivity index (χ2v) is 5.79. The van der Waals surface area contributed by atoms with Gasteiger partial charge in [-0.1, -0.05) is 12.1 Å². The van der Waals surface area contributed by atoms with Crippen LogP contribution in [0.25, 0.3) is 6.08 Å². The van der Waals surface area contributed by atoms with Gasteiger partial charge < -0.3 is 14.2 Å². The molecule has 1 aliphatic heterocycles. The Morgan fingerprint density at radius 2 is 2.00 bits per heavy atom. The molecule has 0 radical (unpaired) electrons. The number of para-hydroxylation sites is 1. The van der Waals surface area contributed by atoms with Crippen LogP contribution in [-0.4, -0.2) is 30.7 Å². The van der Waals surface area contributed by atoms with Gasteiger partial charge in [0.2, 0.25) is 0 Å². The van der Waals surface area contributed by atoms with Crippen LogP contribution >= 0.6 is 0 Å². The van der Waals surface area contributed by atoms with Crippen LogP contribution in [0.2, 0.25) is 0 Å². The van der Waals surface area contributed by atoms with Crippen molar-refractivity contribution in [1.82, 2.24) is 0 Å². The molecular formula is C19H20O6. The van der Waals surface area contributed by atoms with E-state index in [0.717, 1.165) is 6.08 Å². The van der Waals surface area contributed by atoms with Gasteiger partial charge in [0, 0.05) is 11.6 Å². The van der Waals surface area contributed by atoms with Crippen molar-refractivity contribution in [1.29, 1.82) is 0 Å². The summed E-state index contributed by atoms with van der Waals surface area (Å²) in [7, 11) is 1.52. The molecule has 25 heavy (non-hydrogen) atoms. The van der Waals surface area contributed by atoms with Crippen LogP contribution in [0.4, 0.5) is 0 Å². The Morgan fingerprint density at radius 1 is 1.28 bits per heavy atom. The maximum Gasteiger partial charge on any atom is 0.329 e. The molecule has 2 rings (SSSR count). The van der Waals surface area contributed by atoms with Crippen molar-refractivity contribution in [2.24, 2.45) is 5.92 Å². The minimum atomic E-state index is -1.46. The summed E-state index contributed by atoms with van der Waals surface area (Å²) in [4.78, 5) is 36.0. The number of benzene rings is 1. The first kappa shape index (κ1) is 18.4. The van der Waals surface area contributed by atoms with Crippen LogP contribution < -0.4 is 9.47 Å². The minimum Gasteiger partial charge on any atom is -0.493 e. The number of ether oxygens (including phenoxy) is 3. The Hall–Kier alpha value is -2.89. The lowest BCUT2D eigenvalue weighted by Crippen LogP contribution is -2.34. The van der Waals surface area contributed by atoms with E-state index in [1.165, 1.54) is 26.2 Å². The summed E-state index contributed by atoms with van der Waals surface area (Å²) in [5.41, 5.74) is 0.602. The van der Waals surface area contributed by atoms with Crippen molar-refractivity contribution in [3.05, 3.63) is 41.7 Å². The molecular weight excluding hydrogens is 324 g/mol. The lowest BCUT2D eigenvalue weighted by Gasteiger charge is -2.17. The topological polar surface area (TPSA) is 78.9 Å². The van der Waals surface area contributed by atoms with E-state index in [4.69, 9.17) is 14.2 Å². The molecule has 0 fully saturated rings. The van der Waals surface area contributed by atoms with Gasteiger partial charge in [-0.3, -0.25) is 14.4 Å². The average molecular weight is 344 g/mol. The van der Waals surface area contributed by atoms with Gasteiger partial charge in [-0.15, -0.1) is 0 Å². The summed E-state index contributed by atoms with van der Waals surface area (Å²) < 4.78 is 15.9. The first-order valence-electron chi connectivity index (χ1n) is 7.83. The second-order valence-electron chi connectivity index (χ2n) is 5.79. The van der Waals surface area contributed by atoms with Gasteiger partial charge in [0.05, 0.1) is 13.2 Å². The monoisotopic (exact) mass is 344 g/mol. The first-order chi connectivity index (χ1) is 11.8. The Morgan fingerprint density at radius 3 is 2.60 bits per heavy atom. The van der Waals surface area contributed by atoms with Crippen LogP contribution in [0.15, 0.2) is 36.1 Å². The maximum absolute atomic E-state index is 12.3. The highest BCUT2D eigenvalue weighted by Gasteiger charge is 2.36. The zero-order chi connectivity index (χ0) is 18.6. The second kappa shape index (κ2) is 7.79. The van der Waals surface area contributed by atoms with Crippen LogP contribution in [0.1, 0.15) is 26.3 Å². The molecule has 6 heteroatoms. The maximum atomic E-state index is 12.3. The van der Waals surface area contributed by atoms with Crippen molar-refractivity contribution in [3.8, 4) is 11.5 Å². The van der Waals surface area contributed by atoms with Crippen molar-refractivity contribution in [2.45, 2.75) is 26.9 Å². The smallest absolute Gasteiger partial charge is 0.329 e. The van der Waals surface area contributed by atoms with Gasteiger partial charge in [-0.2, -0.15) is 0 Å². The van der Waals surface area contributed by atoms with E-state index in [1.807, 2.05) is 13.8 Å². The number of hydrogen-bond donors (Lipinski definition) is 0.